The summed E-state index contributed by atoms with van der Waals surface area (Å²) in [5.41, 5.74) is 2.60. The maximum Gasteiger partial charge on any atom is 0.337 e. The van der Waals surface area contributed by atoms with E-state index in [1.807, 2.05) is 6.92 Å². The second kappa shape index (κ2) is 10.1. The SMILES string of the molecule is COC(=O)[C@H]1C(=O)C2=C(C[C@@H]1C)NC(C)=C(C(=O)OC1CCCCCC1)[C@H]2c1ccc(F)cc1. The number of Topliss-reactive ketones (excluding diaryl/α,β-unsaturated/α-hetero) is 1. The number of benzene rings is 1. The number of halogens is 1. The van der Waals surface area contributed by atoms with Crippen molar-refractivity contribution in [3.05, 3.63) is 58.2 Å². The number of esters is 2. The summed E-state index contributed by atoms with van der Waals surface area (Å²) in [5, 5.41) is 3.26. The van der Waals surface area contributed by atoms with Crippen molar-refractivity contribution in [1.82, 2.24) is 5.32 Å². The Hall–Kier alpha value is -2.96. The molecule has 1 aromatic rings. The van der Waals surface area contributed by atoms with E-state index in [0.29, 0.717) is 34.5 Å². The van der Waals surface area contributed by atoms with E-state index < -0.39 is 29.6 Å². The van der Waals surface area contributed by atoms with Crippen LogP contribution in [0.5, 0.6) is 0 Å². The van der Waals surface area contributed by atoms with Gasteiger partial charge in [0.1, 0.15) is 17.8 Å². The van der Waals surface area contributed by atoms with Crippen LogP contribution < -0.4 is 5.32 Å². The maximum absolute atomic E-state index is 13.8. The molecule has 1 N–H and O–H groups in total. The first-order valence-electron chi connectivity index (χ1n) is 12.1. The Labute approximate surface area is 199 Å². The van der Waals surface area contributed by atoms with E-state index >= 15 is 0 Å². The Morgan fingerprint density at radius 2 is 1.71 bits per heavy atom. The molecule has 1 heterocycles. The number of dihydropyridines is 1. The first-order valence-corrected chi connectivity index (χ1v) is 12.1. The van der Waals surface area contributed by atoms with Crippen LogP contribution >= 0.6 is 0 Å². The molecular weight excluding hydrogens is 437 g/mol. The van der Waals surface area contributed by atoms with Crippen molar-refractivity contribution < 1.29 is 28.2 Å². The van der Waals surface area contributed by atoms with Crippen molar-refractivity contribution in [2.24, 2.45) is 11.8 Å². The van der Waals surface area contributed by atoms with Crippen LogP contribution in [0, 0.1) is 17.7 Å². The monoisotopic (exact) mass is 469 g/mol. The number of carbonyl (C=O) groups excluding carboxylic acids is 3. The van der Waals surface area contributed by atoms with Gasteiger partial charge in [-0.3, -0.25) is 9.59 Å². The first kappa shape index (κ1) is 24.2. The van der Waals surface area contributed by atoms with Crippen molar-refractivity contribution in [2.75, 3.05) is 7.11 Å². The highest BCUT2D eigenvalue weighted by molar-refractivity contribution is 6.12. The smallest absolute Gasteiger partial charge is 0.337 e. The zero-order chi connectivity index (χ0) is 24.4. The van der Waals surface area contributed by atoms with Crippen LogP contribution in [0.1, 0.15) is 70.3 Å². The first-order chi connectivity index (χ1) is 16.3. The van der Waals surface area contributed by atoms with Crippen molar-refractivity contribution >= 4 is 17.7 Å². The normalized spacial score (nSPS) is 25.9. The molecule has 2 aliphatic carbocycles. The van der Waals surface area contributed by atoms with Crippen molar-refractivity contribution in [2.45, 2.75) is 70.8 Å². The highest BCUT2D eigenvalue weighted by atomic mass is 19.1. The molecule has 3 aliphatic rings. The minimum absolute atomic E-state index is 0.163. The molecular formula is C27H32FNO5. The van der Waals surface area contributed by atoms with Crippen LogP contribution in [0.2, 0.25) is 0 Å². The van der Waals surface area contributed by atoms with Crippen LogP contribution in [-0.4, -0.2) is 30.9 Å². The molecule has 0 bridgehead atoms. The molecule has 6 nitrogen and oxygen atoms in total. The van der Waals surface area contributed by atoms with E-state index in [4.69, 9.17) is 9.47 Å². The van der Waals surface area contributed by atoms with Gasteiger partial charge in [-0.25, -0.2) is 9.18 Å². The van der Waals surface area contributed by atoms with Gasteiger partial charge in [-0.2, -0.15) is 0 Å². The number of hydrogen-bond donors (Lipinski definition) is 1. The van der Waals surface area contributed by atoms with Gasteiger partial charge >= 0.3 is 11.9 Å². The van der Waals surface area contributed by atoms with Crippen LogP contribution in [0.15, 0.2) is 46.8 Å². The lowest BCUT2D eigenvalue weighted by Crippen LogP contribution is -2.43. The molecule has 1 aliphatic heterocycles. The molecule has 1 fully saturated rings. The average molecular weight is 470 g/mol. The molecule has 182 valence electrons. The molecule has 3 atom stereocenters. The second-order valence-electron chi connectivity index (χ2n) is 9.61. The fourth-order valence-electron chi connectivity index (χ4n) is 5.51. The Morgan fingerprint density at radius 1 is 1.06 bits per heavy atom. The third-order valence-corrected chi connectivity index (χ3v) is 7.24. The van der Waals surface area contributed by atoms with E-state index in [-0.39, 0.29) is 17.8 Å². The lowest BCUT2D eigenvalue weighted by molar-refractivity contribution is -0.151. The summed E-state index contributed by atoms with van der Waals surface area (Å²) in [6.45, 7) is 3.64. The fraction of sp³-hybridized carbons (Fsp3) is 0.519. The van der Waals surface area contributed by atoms with E-state index in [9.17, 15) is 18.8 Å². The molecule has 1 aromatic carbocycles. The zero-order valence-corrected chi connectivity index (χ0v) is 20.0. The predicted molar refractivity (Wildman–Crippen MR) is 124 cm³/mol. The molecule has 7 heteroatoms. The van der Waals surface area contributed by atoms with Crippen molar-refractivity contribution in [3.8, 4) is 0 Å². The average Bonchev–Trinajstić information content (AvgIpc) is 3.07. The van der Waals surface area contributed by atoms with E-state index in [1.54, 1.807) is 19.1 Å². The lowest BCUT2D eigenvalue weighted by Gasteiger charge is -2.38. The molecule has 1 saturated carbocycles. The summed E-state index contributed by atoms with van der Waals surface area (Å²) >= 11 is 0. The van der Waals surface area contributed by atoms with Gasteiger partial charge in [0.15, 0.2) is 5.78 Å². The largest absolute Gasteiger partial charge is 0.468 e. The van der Waals surface area contributed by atoms with E-state index in [0.717, 1.165) is 38.5 Å². The van der Waals surface area contributed by atoms with Crippen molar-refractivity contribution in [1.29, 1.82) is 0 Å². The van der Waals surface area contributed by atoms with Crippen LogP contribution in [0.3, 0.4) is 0 Å². The summed E-state index contributed by atoms with van der Waals surface area (Å²) < 4.78 is 24.6. The Balaban J connectivity index is 1.76. The number of ether oxygens (including phenoxy) is 2. The predicted octanol–water partition coefficient (Wildman–Crippen LogP) is 4.70. The maximum atomic E-state index is 13.8. The van der Waals surface area contributed by atoms with Gasteiger partial charge < -0.3 is 14.8 Å². The molecule has 0 radical (unpaired) electrons. The number of ketones is 1. The summed E-state index contributed by atoms with van der Waals surface area (Å²) in [6, 6.07) is 5.80. The van der Waals surface area contributed by atoms with Crippen molar-refractivity contribution in [3.63, 3.8) is 0 Å². The number of hydrogen-bond acceptors (Lipinski definition) is 6. The number of carbonyl (C=O) groups is 3. The highest BCUT2D eigenvalue weighted by Gasteiger charge is 2.47. The van der Waals surface area contributed by atoms with E-state index in [2.05, 4.69) is 5.32 Å². The second-order valence-corrected chi connectivity index (χ2v) is 9.61. The van der Waals surface area contributed by atoms with Gasteiger partial charge in [0.2, 0.25) is 0 Å². The zero-order valence-electron chi connectivity index (χ0n) is 20.0. The summed E-state index contributed by atoms with van der Waals surface area (Å²) in [7, 11) is 1.27. The Morgan fingerprint density at radius 3 is 2.32 bits per heavy atom. The molecule has 0 unspecified atom stereocenters. The van der Waals surface area contributed by atoms with E-state index in [1.165, 1.54) is 19.2 Å². The summed E-state index contributed by atoms with van der Waals surface area (Å²) in [4.78, 5) is 39.7. The van der Waals surface area contributed by atoms with Gasteiger partial charge in [0.05, 0.1) is 12.7 Å². The third-order valence-electron chi connectivity index (χ3n) is 7.24. The third kappa shape index (κ3) is 4.65. The molecule has 0 saturated heterocycles. The number of nitrogens with one attached hydrogen (secondary N) is 1. The summed E-state index contributed by atoms with van der Waals surface area (Å²) in [6.07, 6.45) is 6.24. The quantitative estimate of drug-likeness (QED) is 0.391. The van der Waals surface area contributed by atoms with Crippen LogP contribution in [-0.2, 0) is 23.9 Å². The minimum atomic E-state index is -0.953. The molecule has 0 spiro atoms. The summed E-state index contributed by atoms with van der Waals surface area (Å²) in [5.74, 6) is -3.80. The highest BCUT2D eigenvalue weighted by Crippen LogP contribution is 2.45. The molecule has 0 amide bonds. The molecule has 34 heavy (non-hydrogen) atoms. The number of rotatable bonds is 4. The van der Waals surface area contributed by atoms with Crippen LogP contribution in [0.4, 0.5) is 4.39 Å². The standard InChI is InChI=1S/C27H32FNO5/c1-15-14-20-24(25(30)21(15)26(31)33-3)23(17-10-12-18(28)13-11-17)22(16(2)29-20)27(32)34-19-8-6-4-5-7-9-19/h10-13,15,19,21,23,29H,4-9,14H2,1-3H3/t15-,21+,23+/m0/s1. The topological polar surface area (TPSA) is 81.7 Å². The van der Waals surface area contributed by atoms with Gasteiger partial charge in [-0.1, -0.05) is 31.9 Å². The van der Waals surface area contributed by atoms with Crippen LogP contribution in [0.25, 0.3) is 0 Å². The number of allylic oxidation sites excluding steroid dienone is 3. The van der Waals surface area contributed by atoms with Gasteiger partial charge in [-0.05, 0) is 62.6 Å². The lowest BCUT2D eigenvalue weighted by atomic mass is 9.69. The Bertz CT molecular complexity index is 1030. The van der Waals surface area contributed by atoms with Gasteiger partial charge in [0, 0.05) is 22.9 Å². The molecule has 0 aromatic heterocycles. The Kier molecular flexibility index (Phi) is 7.19. The minimum Gasteiger partial charge on any atom is -0.468 e. The fourth-order valence-corrected chi connectivity index (χ4v) is 5.51. The van der Waals surface area contributed by atoms with Gasteiger partial charge in [-0.15, -0.1) is 0 Å². The number of methoxy groups -OCH3 is 1. The molecule has 4 rings (SSSR count). The van der Waals surface area contributed by atoms with Gasteiger partial charge in [0.25, 0.3) is 0 Å².